The van der Waals surface area contributed by atoms with Gasteiger partial charge in [-0.25, -0.2) is 0 Å². The van der Waals surface area contributed by atoms with Crippen LogP contribution in [0.25, 0.3) is 0 Å². The highest BCUT2D eigenvalue weighted by Gasteiger charge is 2.01. The molecule has 17 heavy (non-hydrogen) atoms. The van der Waals surface area contributed by atoms with E-state index in [4.69, 9.17) is 9.47 Å². The Morgan fingerprint density at radius 1 is 1.35 bits per heavy atom. The van der Waals surface area contributed by atoms with Gasteiger partial charge in [0.15, 0.2) is 0 Å². The van der Waals surface area contributed by atoms with Crippen molar-refractivity contribution in [3.8, 4) is 5.75 Å². The summed E-state index contributed by atoms with van der Waals surface area (Å²) in [5.74, 6) is 0.843. The second kappa shape index (κ2) is 7.87. The molecule has 0 amide bonds. The van der Waals surface area contributed by atoms with Gasteiger partial charge in [0, 0.05) is 6.61 Å². The van der Waals surface area contributed by atoms with Gasteiger partial charge in [-0.1, -0.05) is 18.2 Å². The Balaban J connectivity index is 2.19. The van der Waals surface area contributed by atoms with Gasteiger partial charge in [0.2, 0.25) is 0 Å². The summed E-state index contributed by atoms with van der Waals surface area (Å²) in [5, 5.41) is 9.45. The molecular formula is C14H20O3. The molecule has 0 radical (unpaired) electrons. The zero-order valence-electron chi connectivity index (χ0n) is 10.3. The SMILES string of the molecule is C=CCC(O)CCOCc1ccc(OC)cc1. The van der Waals surface area contributed by atoms with Crippen molar-refractivity contribution in [3.63, 3.8) is 0 Å². The van der Waals surface area contributed by atoms with Crippen molar-refractivity contribution >= 4 is 0 Å². The fraction of sp³-hybridized carbons (Fsp3) is 0.429. The predicted octanol–water partition coefficient (Wildman–Crippen LogP) is 2.54. The van der Waals surface area contributed by atoms with Crippen LogP contribution in [0.2, 0.25) is 0 Å². The minimum atomic E-state index is -0.344. The number of benzene rings is 1. The van der Waals surface area contributed by atoms with Crippen LogP contribution in [0.4, 0.5) is 0 Å². The molecule has 1 atom stereocenters. The van der Waals surface area contributed by atoms with Gasteiger partial charge < -0.3 is 14.6 Å². The smallest absolute Gasteiger partial charge is 0.118 e. The van der Waals surface area contributed by atoms with Crippen LogP contribution in [0, 0.1) is 0 Å². The van der Waals surface area contributed by atoms with Crippen LogP contribution in [-0.2, 0) is 11.3 Å². The third-order valence-electron chi connectivity index (χ3n) is 2.46. The van der Waals surface area contributed by atoms with Gasteiger partial charge in [0.05, 0.1) is 19.8 Å². The van der Waals surface area contributed by atoms with Crippen molar-refractivity contribution in [1.82, 2.24) is 0 Å². The maximum absolute atomic E-state index is 9.45. The lowest BCUT2D eigenvalue weighted by atomic mass is 10.2. The fourth-order valence-corrected chi connectivity index (χ4v) is 1.44. The zero-order valence-corrected chi connectivity index (χ0v) is 10.3. The molecule has 0 aliphatic carbocycles. The first-order valence-electron chi connectivity index (χ1n) is 5.76. The highest BCUT2D eigenvalue weighted by molar-refractivity contribution is 5.26. The van der Waals surface area contributed by atoms with E-state index in [1.165, 1.54) is 0 Å². The van der Waals surface area contributed by atoms with Gasteiger partial charge in [-0.3, -0.25) is 0 Å². The van der Waals surface area contributed by atoms with E-state index in [0.29, 0.717) is 26.1 Å². The van der Waals surface area contributed by atoms with Crippen LogP contribution < -0.4 is 4.74 Å². The van der Waals surface area contributed by atoms with Crippen LogP contribution >= 0.6 is 0 Å². The summed E-state index contributed by atoms with van der Waals surface area (Å²) in [6, 6.07) is 7.76. The molecule has 1 aromatic rings. The highest BCUT2D eigenvalue weighted by Crippen LogP contribution is 2.12. The summed E-state index contributed by atoms with van der Waals surface area (Å²) >= 11 is 0. The van der Waals surface area contributed by atoms with Crippen LogP contribution in [0.3, 0.4) is 0 Å². The maximum Gasteiger partial charge on any atom is 0.118 e. The Bertz CT molecular complexity index is 319. The first-order chi connectivity index (χ1) is 8.26. The average Bonchev–Trinajstić information content (AvgIpc) is 2.36. The number of aliphatic hydroxyl groups is 1. The summed E-state index contributed by atoms with van der Waals surface area (Å²) in [6.07, 6.45) is 2.63. The Kier molecular flexibility index (Phi) is 6.37. The van der Waals surface area contributed by atoms with E-state index < -0.39 is 0 Å². The third-order valence-corrected chi connectivity index (χ3v) is 2.46. The monoisotopic (exact) mass is 236 g/mol. The predicted molar refractivity (Wildman–Crippen MR) is 68.1 cm³/mol. The summed E-state index contributed by atoms with van der Waals surface area (Å²) in [7, 11) is 1.65. The molecule has 0 aliphatic rings. The van der Waals surface area contributed by atoms with Crippen molar-refractivity contribution in [2.45, 2.75) is 25.6 Å². The Labute approximate surface area is 103 Å². The van der Waals surface area contributed by atoms with Crippen molar-refractivity contribution < 1.29 is 14.6 Å². The minimum absolute atomic E-state index is 0.344. The number of hydrogen-bond donors (Lipinski definition) is 1. The van der Waals surface area contributed by atoms with E-state index in [0.717, 1.165) is 11.3 Å². The first kappa shape index (κ1) is 13.7. The molecule has 0 saturated heterocycles. The van der Waals surface area contributed by atoms with Crippen molar-refractivity contribution in [2.24, 2.45) is 0 Å². The Morgan fingerprint density at radius 3 is 2.65 bits per heavy atom. The highest BCUT2D eigenvalue weighted by atomic mass is 16.5. The second-order valence-electron chi connectivity index (χ2n) is 3.87. The van der Waals surface area contributed by atoms with Gasteiger partial charge in [0.1, 0.15) is 5.75 Å². The number of ether oxygens (including phenoxy) is 2. The van der Waals surface area contributed by atoms with Gasteiger partial charge in [0.25, 0.3) is 0 Å². The Hall–Kier alpha value is -1.32. The number of hydrogen-bond acceptors (Lipinski definition) is 3. The van der Waals surface area contributed by atoms with Gasteiger partial charge >= 0.3 is 0 Å². The molecule has 0 fully saturated rings. The summed E-state index contributed by atoms with van der Waals surface area (Å²) in [4.78, 5) is 0. The molecule has 0 spiro atoms. The van der Waals surface area contributed by atoms with E-state index in [1.807, 2.05) is 24.3 Å². The van der Waals surface area contributed by atoms with Gasteiger partial charge in [-0.15, -0.1) is 6.58 Å². The van der Waals surface area contributed by atoms with Crippen LogP contribution in [0.5, 0.6) is 5.75 Å². The van der Waals surface area contributed by atoms with E-state index in [9.17, 15) is 5.11 Å². The molecule has 1 rings (SSSR count). The van der Waals surface area contributed by atoms with E-state index in [-0.39, 0.29) is 6.10 Å². The average molecular weight is 236 g/mol. The molecule has 1 aromatic carbocycles. The van der Waals surface area contributed by atoms with Crippen molar-refractivity contribution in [1.29, 1.82) is 0 Å². The molecule has 0 aliphatic heterocycles. The van der Waals surface area contributed by atoms with E-state index in [2.05, 4.69) is 6.58 Å². The molecule has 0 aromatic heterocycles. The van der Waals surface area contributed by atoms with Crippen LogP contribution in [0.15, 0.2) is 36.9 Å². The van der Waals surface area contributed by atoms with Crippen LogP contribution in [0.1, 0.15) is 18.4 Å². The maximum atomic E-state index is 9.45. The number of aliphatic hydroxyl groups excluding tert-OH is 1. The van der Waals surface area contributed by atoms with E-state index >= 15 is 0 Å². The molecule has 0 saturated carbocycles. The largest absolute Gasteiger partial charge is 0.497 e. The van der Waals surface area contributed by atoms with E-state index in [1.54, 1.807) is 13.2 Å². The molecule has 1 unspecified atom stereocenters. The normalized spacial score (nSPS) is 12.1. The summed E-state index contributed by atoms with van der Waals surface area (Å²) in [5.41, 5.74) is 1.10. The van der Waals surface area contributed by atoms with Crippen molar-refractivity contribution in [3.05, 3.63) is 42.5 Å². The molecule has 0 bridgehead atoms. The van der Waals surface area contributed by atoms with Gasteiger partial charge in [-0.2, -0.15) is 0 Å². The number of rotatable bonds is 8. The van der Waals surface area contributed by atoms with Crippen molar-refractivity contribution in [2.75, 3.05) is 13.7 Å². The first-order valence-corrected chi connectivity index (χ1v) is 5.76. The summed E-state index contributed by atoms with van der Waals surface area (Å²) in [6.45, 7) is 4.70. The fourth-order valence-electron chi connectivity index (χ4n) is 1.44. The second-order valence-corrected chi connectivity index (χ2v) is 3.87. The molecular weight excluding hydrogens is 216 g/mol. The summed E-state index contributed by atoms with van der Waals surface area (Å²) < 4.78 is 10.5. The Morgan fingerprint density at radius 2 is 2.06 bits per heavy atom. The lowest BCUT2D eigenvalue weighted by Gasteiger charge is -2.08. The molecule has 0 heterocycles. The topological polar surface area (TPSA) is 38.7 Å². The minimum Gasteiger partial charge on any atom is -0.497 e. The lowest BCUT2D eigenvalue weighted by Crippen LogP contribution is -2.09. The molecule has 3 heteroatoms. The molecule has 3 nitrogen and oxygen atoms in total. The molecule has 94 valence electrons. The lowest BCUT2D eigenvalue weighted by molar-refractivity contribution is 0.0746. The molecule has 1 N–H and O–H groups in total. The van der Waals surface area contributed by atoms with Crippen LogP contribution in [-0.4, -0.2) is 24.9 Å². The van der Waals surface area contributed by atoms with Gasteiger partial charge in [-0.05, 0) is 30.5 Å². The third kappa shape index (κ3) is 5.52. The standard InChI is InChI=1S/C14H20O3/c1-3-4-13(15)9-10-17-11-12-5-7-14(16-2)8-6-12/h3,5-8,13,15H,1,4,9-11H2,2H3. The number of methoxy groups -OCH3 is 1. The zero-order chi connectivity index (χ0) is 12.5. The quantitative estimate of drug-likeness (QED) is 0.557.